The highest BCUT2D eigenvalue weighted by Crippen LogP contribution is 2.26. The molecule has 2 aromatic heterocycles. The maximum atomic E-state index is 12.5. The highest BCUT2D eigenvalue weighted by molar-refractivity contribution is 7.16. The Hall–Kier alpha value is -1.82. The molecule has 0 saturated carbocycles. The predicted octanol–water partition coefficient (Wildman–Crippen LogP) is 4.30. The number of aromatic nitrogens is 2. The summed E-state index contributed by atoms with van der Waals surface area (Å²) in [6, 6.07) is 13.5. The highest BCUT2D eigenvalue weighted by Gasteiger charge is 2.14. The fourth-order valence-electron chi connectivity index (χ4n) is 2.35. The maximum Gasteiger partial charge on any atom is 0.287 e. The Balaban J connectivity index is 1.83. The Morgan fingerprint density at radius 3 is 2.58 bits per heavy atom. The van der Waals surface area contributed by atoms with Crippen molar-refractivity contribution >= 4 is 40.2 Å². The van der Waals surface area contributed by atoms with Crippen molar-refractivity contribution in [1.82, 2.24) is 9.78 Å². The van der Waals surface area contributed by atoms with Gasteiger partial charge in [-0.05, 0) is 17.7 Å². The molecule has 2 heterocycles. The summed E-state index contributed by atoms with van der Waals surface area (Å²) in [5, 5.41) is 4.43. The van der Waals surface area contributed by atoms with Crippen LogP contribution in [-0.2, 0) is 13.1 Å². The zero-order chi connectivity index (χ0) is 17.1. The summed E-state index contributed by atoms with van der Waals surface area (Å²) in [5.74, 6) is 0. The third-order valence-corrected chi connectivity index (χ3v) is 5.15. The van der Waals surface area contributed by atoms with Gasteiger partial charge >= 0.3 is 0 Å². The number of hydrogen-bond donors (Lipinski definition) is 0. The Morgan fingerprint density at radius 2 is 1.92 bits per heavy atom. The van der Waals surface area contributed by atoms with Crippen molar-refractivity contribution in [3.8, 4) is 0 Å². The van der Waals surface area contributed by atoms with Crippen LogP contribution < -0.4 is 10.5 Å². The van der Waals surface area contributed by atoms with E-state index in [4.69, 9.17) is 23.2 Å². The normalized spacial score (nSPS) is 10.8. The summed E-state index contributed by atoms with van der Waals surface area (Å²) in [7, 11) is 1.87. The summed E-state index contributed by atoms with van der Waals surface area (Å²) in [4.78, 5) is 15.5. The molecular formula is C17H15Cl2N3OS. The molecule has 0 aliphatic carbocycles. The topological polar surface area (TPSA) is 38.1 Å². The molecule has 0 amide bonds. The monoisotopic (exact) mass is 379 g/mol. The highest BCUT2D eigenvalue weighted by atomic mass is 35.5. The van der Waals surface area contributed by atoms with E-state index in [-0.39, 0.29) is 10.6 Å². The standard InChI is InChI=1S/C17H15Cl2N3OS/c1-21(11-13-7-8-15(18)24-13)14-9-20-22(17(23)16(14)19)10-12-5-3-2-4-6-12/h2-9H,10-11H2,1H3. The van der Waals surface area contributed by atoms with Crippen molar-refractivity contribution < 1.29 is 0 Å². The van der Waals surface area contributed by atoms with Crippen molar-refractivity contribution in [1.29, 1.82) is 0 Å². The summed E-state index contributed by atoms with van der Waals surface area (Å²) in [5.41, 5.74) is 1.31. The summed E-state index contributed by atoms with van der Waals surface area (Å²) >= 11 is 13.7. The van der Waals surface area contributed by atoms with Gasteiger partial charge in [0.2, 0.25) is 0 Å². The summed E-state index contributed by atoms with van der Waals surface area (Å²) in [6.45, 7) is 1.00. The van der Waals surface area contributed by atoms with E-state index < -0.39 is 0 Å². The molecule has 3 rings (SSSR count). The van der Waals surface area contributed by atoms with Crippen LogP contribution in [0.3, 0.4) is 0 Å². The van der Waals surface area contributed by atoms with E-state index in [2.05, 4.69) is 5.10 Å². The maximum absolute atomic E-state index is 12.5. The van der Waals surface area contributed by atoms with Crippen LogP contribution in [0.4, 0.5) is 5.69 Å². The average molecular weight is 380 g/mol. The zero-order valence-electron chi connectivity index (χ0n) is 12.9. The molecule has 0 aliphatic rings. The van der Waals surface area contributed by atoms with Crippen LogP contribution in [0.25, 0.3) is 0 Å². The van der Waals surface area contributed by atoms with Crippen LogP contribution in [-0.4, -0.2) is 16.8 Å². The molecule has 7 heteroatoms. The minimum absolute atomic E-state index is 0.172. The van der Waals surface area contributed by atoms with Gasteiger partial charge in [0, 0.05) is 11.9 Å². The Kier molecular flexibility index (Phi) is 5.23. The molecule has 1 aromatic carbocycles. The largest absolute Gasteiger partial charge is 0.367 e. The van der Waals surface area contributed by atoms with E-state index in [1.54, 1.807) is 6.20 Å². The second-order valence-corrected chi connectivity index (χ2v) is 7.53. The Morgan fingerprint density at radius 1 is 1.17 bits per heavy atom. The molecule has 4 nitrogen and oxygen atoms in total. The fourth-order valence-corrected chi connectivity index (χ4v) is 3.78. The smallest absolute Gasteiger partial charge is 0.287 e. The molecular weight excluding hydrogens is 365 g/mol. The molecule has 0 bridgehead atoms. The second-order valence-electron chi connectivity index (χ2n) is 5.35. The van der Waals surface area contributed by atoms with Crippen LogP contribution in [0.2, 0.25) is 9.36 Å². The van der Waals surface area contributed by atoms with Crippen LogP contribution in [0.1, 0.15) is 10.4 Å². The van der Waals surface area contributed by atoms with Gasteiger partial charge in [0.15, 0.2) is 0 Å². The van der Waals surface area contributed by atoms with Crippen molar-refractivity contribution in [3.05, 3.63) is 78.8 Å². The molecule has 0 spiro atoms. The quantitative estimate of drug-likeness (QED) is 0.663. The van der Waals surface area contributed by atoms with Crippen molar-refractivity contribution in [2.75, 3.05) is 11.9 Å². The van der Waals surface area contributed by atoms with Crippen molar-refractivity contribution in [3.63, 3.8) is 0 Å². The van der Waals surface area contributed by atoms with Crippen LogP contribution in [0.5, 0.6) is 0 Å². The Bertz CT molecular complexity index is 892. The Labute approximate surface area is 153 Å². The van der Waals surface area contributed by atoms with Gasteiger partial charge in [-0.25, -0.2) is 4.68 Å². The van der Waals surface area contributed by atoms with E-state index >= 15 is 0 Å². The number of rotatable bonds is 5. The van der Waals surface area contributed by atoms with Gasteiger partial charge in [-0.1, -0.05) is 53.5 Å². The predicted molar refractivity (Wildman–Crippen MR) is 100 cm³/mol. The molecule has 24 heavy (non-hydrogen) atoms. The lowest BCUT2D eigenvalue weighted by Gasteiger charge is -2.19. The van der Waals surface area contributed by atoms with E-state index in [1.807, 2.05) is 54.4 Å². The first kappa shape index (κ1) is 17.0. The van der Waals surface area contributed by atoms with Gasteiger partial charge in [0.05, 0.1) is 29.3 Å². The minimum Gasteiger partial charge on any atom is -0.367 e. The number of anilines is 1. The SMILES string of the molecule is CN(Cc1ccc(Cl)s1)c1cnn(Cc2ccccc2)c(=O)c1Cl. The molecule has 0 radical (unpaired) electrons. The van der Waals surface area contributed by atoms with Gasteiger partial charge in [0.1, 0.15) is 5.02 Å². The lowest BCUT2D eigenvalue weighted by Crippen LogP contribution is -2.27. The van der Waals surface area contributed by atoms with Gasteiger partial charge in [-0.15, -0.1) is 11.3 Å². The lowest BCUT2D eigenvalue weighted by atomic mass is 10.2. The first-order chi connectivity index (χ1) is 11.5. The number of benzene rings is 1. The van der Waals surface area contributed by atoms with E-state index in [0.29, 0.717) is 18.8 Å². The van der Waals surface area contributed by atoms with Gasteiger partial charge in [-0.3, -0.25) is 4.79 Å². The molecule has 3 aromatic rings. The fraction of sp³-hybridized carbons (Fsp3) is 0.176. The number of thiophene rings is 1. The number of hydrogen-bond acceptors (Lipinski definition) is 4. The molecule has 0 saturated heterocycles. The molecule has 0 aliphatic heterocycles. The minimum atomic E-state index is -0.297. The molecule has 124 valence electrons. The molecule has 0 fully saturated rings. The van der Waals surface area contributed by atoms with Crippen molar-refractivity contribution in [2.45, 2.75) is 13.1 Å². The van der Waals surface area contributed by atoms with E-state index in [0.717, 1.165) is 14.8 Å². The molecule has 0 unspecified atom stereocenters. The van der Waals surface area contributed by atoms with Crippen LogP contribution in [0.15, 0.2) is 53.5 Å². The molecule has 0 N–H and O–H groups in total. The van der Waals surface area contributed by atoms with Gasteiger partial charge in [0.25, 0.3) is 5.56 Å². The van der Waals surface area contributed by atoms with Gasteiger partial charge < -0.3 is 4.90 Å². The first-order valence-electron chi connectivity index (χ1n) is 7.29. The third-order valence-electron chi connectivity index (χ3n) is 3.57. The summed E-state index contributed by atoms with van der Waals surface area (Å²) in [6.07, 6.45) is 1.63. The van der Waals surface area contributed by atoms with Crippen LogP contribution in [0, 0.1) is 0 Å². The first-order valence-corrected chi connectivity index (χ1v) is 8.86. The van der Waals surface area contributed by atoms with E-state index in [9.17, 15) is 4.79 Å². The lowest BCUT2D eigenvalue weighted by molar-refractivity contribution is 0.637. The summed E-state index contributed by atoms with van der Waals surface area (Å²) < 4.78 is 2.11. The number of nitrogens with zero attached hydrogens (tertiary/aromatic N) is 3. The second kappa shape index (κ2) is 7.38. The van der Waals surface area contributed by atoms with Crippen LogP contribution >= 0.6 is 34.5 Å². The van der Waals surface area contributed by atoms with Crippen molar-refractivity contribution in [2.24, 2.45) is 0 Å². The van der Waals surface area contributed by atoms with E-state index in [1.165, 1.54) is 16.0 Å². The zero-order valence-corrected chi connectivity index (χ0v) is 15.3. The third kappa shape index (κ3) is 3.80. The molecule has 0 atom stereocenters. The van der Waals surface area contributed by atoms with Gasteiger partial charge in [-0.2, -0.15) is 5.10 Å². The average Bonchev–Trinajstić information content (AvgIpc) is 2.98. The number of halogens is 2.